The molecule has 3 rings (SSSR count). The summed E-state index contributed by atoms with van der Waals surface area (Å²) in [5.74, 6) is 0. The van der Waals surface area contributed by atoms with Gasteiger partial charge in [-0.25, -0.2) is 0 Å². The lowest BCUT2D eigenvalue weighted by molar-refractivity contribution is 0.556. The average molecular weight is 278 g/mol. The maximum Gasteiger partial charge on any atom is 0.0782 e. The van der Waals surface area contributed by atoms with Crippen molar-refractivity contribution in [3.63, 3.8) is 0 Å². The zero-order valence-corrected chi connectivity index (χ0v) is 12.2. The van der Waals surface area contributed by atoms with Crippen molar-refractivity contribution in [2.75, 3.05) is 0 Å². The molecule has 4 nitrogen and oxygen atoms in total. The van der Waals surface area contributed by atoms with Gasteiger partial charge in [0.2, 0.25) is 0 Å². The summed E-state index contributed by atoms with van der Waals surface area (Å²) in [6.45, 7) is 4.85. The third-order valence-electron chi connectivity index (χ3n) is 3.64. The number of rotatable bonds is 4. The van der Waals surface area contributed by atoms with Gasteiger partial charge < -0.3 is 5.32 Å². The minimum Gasteiger partial charge on any atom is -0.305 e. The van der Waals surface area contributed by atoms with E-state index in [2.05, 4.69) is 51.5 Å². The number of aryl methyl sites for hydroxylation is 1. The molecule has 106 valence electrons. The molecule has 4 heteroatoms. The number of pyridine rings is 1. The van der Waals surface area contributed by atoms with Crippen LogP contribution in [0.5, 0.6) is 0 Å². The normalized spacial score (nSPS) is 12.5. The van der Waals surface area contributed by atoms with Gasteiger partial charge in [-0.05, 0) is 25.5 Å². The second-order valence-corrected chi connectivity index (χ2v) is 5.12. The van der Waals surface area contributed by atoms with Gasteiger partial charge in [-0.3, -0.25) is 15.0 Å². The van der Waals surface area contributed by atoms with E-state index in [0.29, 0.717) is 0 Å². The van der Waals surface area contributed by atoms with Crippen molar-refractivity contribution in [1.82, 2.24) is 20.3 Å². The van der Waals surface area contributed by atoms with Crippen molar-refractivity contribution in [3.8, 4) is 0 Å². The quantitative estimate of drug-likeness (QED) is 0.796. The SMILES string of the molecule is Cc1nccnc1C(C)NCc1cccc2cccnc12. The number of hydrogen-bond donors (Lipinski definition) is 1. The van der Waals surface area contributed by atoms with Crippen molar-refractivity contribution >= 4 is 10.9 Å². The Kier molecular flexibility index (Phi) is 3.88. The Morgan fingerprint density at radius 3 is 2.67 bits per heavy atom. The third-order valence-corrected chi connectivity index (χ3v) is 3.64. The van der Waals surface area contributed by atoms with Gasteiger partial charge in [0.15, 0.2) is 0 Å². The number of fused-ring (bicyclic) bond motifs is 1. The van der Waals surface area contributed by atoms with Crippen LogP contribution in [0.4, 0.5) is 0 Å². The van der Waals surface area contributed by atoms with Crippen LogP contribution in [-0.4, -0.2) is 15.0 Å². The Hall–Kier alpha value is -2.33. The van der Waals surface area contributed by atoms with Gasteiger partial charge in [-0.15, -0.1) is 0 Å². The highest BCUT2D eigenvalue weighted by Gasteiger charge is 2.10. The van der Waals surface area contributed by atoms with Crippen molar-refractivity contribution < 1.29 is 0 Å². The Balaban J connectivity index is 1.79. The van der Waals surface area contributed by atoms with Crippen LogP contribution in [0.25, 0.3) is 10.9 Å². The maximum atomic E-state index is 4.48. The molecule has 0 radical (unpaired) electrons. The Morgan fingerprint density at radius 1 is 1.00 bits per heavy atom. The monoisotopic (exact) mass is 278 g/mol. The van der Waals surface area contributed by atoms with Gasteiger partial charge in [0, 0.05) is 36.6 Å². The molecule has 1 atom stereocenters. The summed E-state index contributed by atoms with van der Waals surface area (Å²) in [4.78, 5) is 13.2. The highest BCUT2D eigenvalue weighted by molar-refractivity contribution is 5.81. The summed E-state index contributed by atoms with van der Waals surface area (Å²) >= 11 is 0. The predicted octanol–water partition coefficient (Wildman–Crippen LogP) is 3.18. The number of nitrogens with one attached hydrogen (secondary N) is 1. The Morgan fingerprint density at radius 2 is 1.81 bits per heavy atom. The molecule has 0 spiro atoms. The minimum absolute atomic E-state index is 0.151. The van der Waals surface area contributed by atoms with Crippen LogP contribution < -0.4 is 5.32 Å². The van der Waals surface area contributed by atoms with Gasteiger partial charge in [0.25, 0.3) is 0 Å². The standard InChI is InChI=1S/C17H18N4/c1-12-16(20-10-9-18-12)13(2)21-11-15-6-3-5-14-7-4-8-19-17(14)15/h3-10,13,21H,11H2,1-2H3. The fourth-order valence-corrected chi connectivity index (χ4v) is 2.51. The molecular weight excluding hydrogens is 260 g/mol. The first-order valence-electron chi connectivity index (χ1n) is 7.09. The summed E-state index contributed by atoms with van der Waals surface area (Å²) in [7, 11) is 0. The number of nitrogens with zero attached hydrogens (tertiary/aromatic N) is 3. The first-order chi connectivity index (χ1) is 10.3. The van der Waals surface area contributed by atoms with Gasteiger partial charge in [-0.2, -0.15) is 0 Å². The predicted molar refractivity (Wildman–Crippen MR) is 83.8 cm³/mol. The van der Waals surface area contributed by atoms with Crippen molar-refractivity contribution in [1.29, 1.82) is 0 Å². The van der Waals surface area contributed by atoms with E-state index in [4.69, 9.17) is 0 Å². The van der Waals surface area contributed by atoms with Crippen LogP contribution in [0, 0.1) is 6.92 Å². The Labute approximate surface area is 124 Å². The summed E-state index contributed by atoms with van der Waals surface area (Å²) in [5, 5.41) is 4.67. The molecule has 2 heterocycles. The van der Waals surface area contributed by atoms with E-state index in [1.54, 1.807) is 12.4 Å². The van der Waals surface area contributed by atoms with E-state index in [9.17, 15) is 0 Å². The molecular formula is C17H18N4. The number of para-hydroxylation sites is 1. The lowest BCUT2D eigenvalue weighted by Crippen LogP contribution is -2.20. The van der Waals surface area contributed by atoms with E-state index in [-0.39, 0.29) is 6.04 Å². The van der Waals surface area contributed by atoms with Gasteiger partial charge in [0.1, 0.15) is 0 Å². The molecule has 21 heavy (non-hydrogen) atoms. The van der Waals surface area contributed by atoms with E-state index < -0.39 is 0 Å². The smallest absolute Gasteiger partial charge is 0.0782 e. The second kappa shape index (κ2) is 5.97. The molecule has 3 aromatic rings. The molecule has 1 unspecified atom stereocenters. The van der Waals surface area contributed by atoms with Gasteiger partial charge >= 0.3 is 0 Å². The topological polar surface area (TPSA) is 50.7 Å². The zero-order chi connectivity index (χ0) is 14.7. The minimum atomic E-state index is 0.151. The van der Waals surface area contributed by atoms with Crippen LogP contribution in [0.15, 0.2) is 48.9 Å². The van der Waals surface area contributed by atoms with Crippen LogP contribution >= 0.6 is 0 Å². The fourth-order valence-electron chi connectivity index (χ4n) is 2.51. The molecule has 0 amide bonds. The van der Waals surface area contributed by atoms with Crippen LogP contribution in [0.2, 0.25) is 0 Å². The third kappa shape index (κ3) is 2.90. The fraction of sp³-hybridized carbons (Fsp3) is 0.235. The number of aromatic nitrogens is 3. The first-order valence-corrected chi connectivity index (χ1v) is 7.09. The summed E-state index contributed by atoms with van der Waals surface area (Å²) in [6.07, 6.45) is 5.29. The van der Waals surface area contributed by atoms with Crippen LogP contribution in [0.3, 0.4) is 0 Å². The molecule has 2 aromatic heterocycles. The van der Waals surface area contributed by atoms with Gasteiger partial charge in [0.05, 0.1) is 16.9 Å². The molecule has 0 saturated heterocycles. The van der Waals surface area contributed by atoms with E-state index >= 15 is 0 Å². The summed E-state index contributed by atoms with van der Waals surface area (Å²) < 4.78 is 0. The molecule has 0 saturated carbocycles. The molecule has 0 bridgehead atoms. The molecule has 0 fully saturated rings. The molecule has 0 aliphatic heterocycles. The number of benzene rings is 1. The lowest BCUT2D eigenvalue weighted by Gasteiger charge is -2.15. The first kappa shape index (κ1) is 13.6. The highest BCUT2D eigenvalue weighted by Crippen LogP contribution is 2.18. The van der Waals surface area contributed by atoms with E-state index in [1.807, 2.05) is 19.2 Å². The summed E-state index contributed by atoms with van der Waals surface area (Å²) in [6, 6.07) is 10.5. The molecule has 1 aromatic carbocycles. The Bertz CT molecular complexity index is 749. The zero-order valence-electron chi connectivity index (χ0n) is 12.2. The average Bonchev–Trinajstić information content (AvgIpc) is 2.53. The largest absolute Gasteiger partial charge is 0.305 e. The highest BCUT2D eigenvalue weighted by atomic mass is 14.9. The van der Waals surface area contributed by atoms with Crippen LogP contribution in [0.1, 0.15) is 29.9 Å². The molecule has 0 aliphatic carbocycles. The van der Waals surface area contributed by atoms with Crippen LogP contribution in [-0.2, 0) is 6.54 Å². The summed E-state index contributed by atoms with van der Waals surface area (Å²) in [5.41, 5.74) is 4.20. The van der Waals surface area contributed by atoms with E-state index in [0.717, 1.165) is 23.4 Å². The molecule has 1 N–H and O–H groups in total. The number of hydrogen-bond acceptors (Lipinski definition) is 4. The second-order valence-electron chi connectivity index (χ2n) is 5.12. The van der Waals surface area contributed by atoms with Crippen molar-refractivity contribution in [3.05, 3.63) is 65.9 Å². The van der Waals surface area contributed by atoms with Crippen molar-refractivity contribution in [2.45, 2.75) is 26.4 Å². The maximum absolute atomic E-state index is 4.48. The lowest BCUT2D eigenvalue weighted by atomic mass is 10.1. The molecule has 0 aliphatic rings. The van der Waals surface area contributed by atoms with E-state index in [1.165, 1.54) is 10.9 Å². The van der Waals surface area contributed by atoms with Crippen molar-refractivity contribution in [2.24, 2.45) is 0 Å². The van der Waals surface area contributed by atoms with Gasteiger partial charge in [-0.1, -0.05) is 24.3 Å².